The third-order valence-corrected chi connectivity index (χ3v) is 3.32. The number of benzene rings is 1. The smallest absolute Gasteiger partial charge is 0.127 e. The van der Waals surface area contributed by atoms with Crippen LogP contribution in [0.25, 0.3) is 0 Å². The van der Waals surface area contributed by atoms with Gasteiger partial charge in [0.2, 0.25) is 0 Å². The second-order valence-corrected chi connectivity index (χ2v) is 4.23. The van der Waals surface area contributed by atoms with Crippen LogP contribution in [-0.4, -0.2) is 17.3 Å². The summed E-state index contributed by atoms with van der Waals surface area (Å²) in [6, 6.07) is 3.39. The Morgan fingerprint density at radius 2 is 1.88 bits per heavy atom. The van der Waals surface area contributed by atoms with Gasteiger partial charge in [0, 0.05) is 17.6 Å². The van der Waals surface area contributed by atoms with E-state index in [1.165, 1.54) is 6.07 Å². The van der Waals surface area contributed by atoms with Crippen LogP contribution in [0.3, 0.4) is 0 Å². The highest BCUT2D eigenvalue weighted by Gasteiger charge is 2.24. The summed E-state index contributed by atoms with van der Waals surface area (Å²) in [6.07, 6.45) is 1.47. The van der Waals surface area contributed by atoms with Crippen molar-refractivity contribution in [2.75, 3.05) is 6.61 Å². The molecule has 0 atom stereocenters. The number of halogens is 2. The second-order valence-electron chi connectivity index (χ2n) is 4.23. The van der Waals surface area contributed by atoms with Gasteiger partial charge < -0.3 is 10.4 Å². The van der Waals surface area contributed by atoms with Crippen molar-refractivity contribution in [3.63, 3.8) is 0 Å². The maximum absolute atomic E-state index is 13.4. The minimum absolute atomic E-state index is 0.0169. The summed E-state index contributed by atoms with van der Waals surface area (Å²) in [6.45, 7) is 4.10. The lowest BCUT2D eigenvalue weighted by atomic mass is 9.93. The van der Waals surface area contributed by atoms with Crippen LogP contribution in [0.15, 0.2) is 18.2 Å². The molecular weight excluding hydrogens is 224 g/mol. The van der Waals surface area contributed by atoms with E-state index in [1.54, 1.807) is 0 Å². The summed E-state index contributed by atoms with van der Waals surface area (Å²) in [4.78, 5) is 0. The van der Waals surface area contributed by atoms with Gasteiger partial charge in [-0.2, -0.15) is 0 Å². The zero-order chi connectivity index (χ0) is 12.9. The molecule has 0 heterocycles. The van der Waals surface area contributed by atoms with E-state index < -0.39 is 17.2 Å². The van der Waals surface area contributed by atoms with Crippen molar-refractivity contribution in [3.8, 4) is 0 Å². The van der Waals surface area contributed by atoms with Gasteiger partial charge in [-0.05, 0) is 31.0 Å². The molecule has 2 N–H and O–H groups in total. The molecule has 96 valence electrons. The fourth-order valence-electron chi connectivity index (χ4n) is 1.74. The predicted octanol–water partition coefficient (Wildman–Crippen LogP) is 2.61. The van der Waals surface area contributed by atoms with E-state index in [2.05, 4.69) is 5.32 Å². The molecule has 4 heteroatoms. The number of aliphatic hydroxyl groups excluding tert-OH is 1. The van der Waals surface area contributed by atoms with Crippen molar-refractivity contribution in [1.82, 2.24) is 5.32 Å². The van der Waals surface area contributed by atoms with Crippen LogP contribution in [0.5, 0.6) is 0 Å². The van der Waals surface area contributed by atoms with Gasteiger partial charge in [-0.3, -0.25) is 0 Å². The van der Waals surface area contributed by atoms with Gasteiger partial charge in [-0.15, -0.1) is 0 Å². The van der Waals surface area contributed by atoms with Crippen LogP contribution in [-0.2, 0) is 6.54 Å². The quantitative estimate of drug-likeness (QED) is 0.805. The third-order valence-electron chi connectivity index (χ3n) is 3.32. The fraction of sp³-hybridized carbons (Fsp3) is 0.538. The number of hydrogen-bond acceptors (Lipinski definition) is 2. The maximum atomic E-state index is 13.4. The standard InChI is InChI=1S/C13H19F2NO/c1-3-13(4-2,9-17)16-8-10-7-11(14)5-6-12(10)15/h5-7,16-17H,3-4,8-9H2,1-2H3. The summed E-state index contributed by atoms with van der Waals surface area (Å²) in [5.41, 5.74) is -0.136. The highest BCUT2D eigenvalue weighted by Crippen LogP contribution is 2.16. The van der Waals surface area contributed by atoms with Crippen LogP contribution >= 0.6 is 0 Å². The van der Waals surface area contributed by atoms with Gasteiger partial charge in [0.15, 0.2) is 0 Å². The molecule has 1 rings (SSSR count). The normalized spacial score (nSPS) is 11.8. The molecule has 0 aromatic heterocycles. The van der Waals surface area contributed by atoms with Crippen molar-refractivity contribution < 1.29 is 13.9 Å². The molecule has 1 aromatic carbocycles. The Bertz CT molecular complexity index is 356. The molecule has 0 unspecified atom stereocenters. The molecule has 0 aliphatic carbocycles. The van der Waals surface area contributed by atoms with E-state index >= 15 is 0 Å². The summed E-state index contributed by atoms with van der Waals surface area (Å²) in [7, 11) is 0. The summed E-state index contributed by atoms with van der Waals surface area (Å²) in [5.74, 6) is -0.885. The topological polar surface area (TPSA) is 32.3 Å². The minimum atomic E-state index is -0.453. The molecule has 0 saturated carbocycles. The highest BCUT2D eigenvalue weighted by atomic mass is 19.1. The van der Waals surface area contributed by atoms with E-state index in [1.807, 2.05) is 13.8 Å². The second kappa shape index (κ2) is 6.07. The van der Waals surface area contributed by atoms with Crippen LogP contribution in [0.1, 0.15) is 32.3 Å². The van der Waals surface area contributed by atoms with Crippen molar-refractivity contribution in [3.05, 3.63) is 35.4 Å². The molecule has 17 heavy (non-hydrogen) atoms. The lowest BCUT2D eigenvalue weighted by Crippen LogP contribution is -2.47. The summed E-state index contributed by atoms with van der Waals surface area (Å²) >= 11 is 0. The average molecular weight is 243 g/mol. The van der Waals surface area contributed by atoms with E-state index in [0.717, 1.165) is 25.0 Å². The Balaban J connectivity index is 2.75. The van der Waals surface area contributed by atoms with Gasteiger partial charge in [0.1, 0.15) is 11.6 Å². The van der Waals surface area contributed by atoms with Crippen molar-refractivity contribution in [1.29, 1.82) is 0 Å². The number of nitrogens with one attached hydrogen (secondary N) is 1. The molecule has 0 amide bonds. The molecule has 0 bridgehead atoms. The molecule has 1 aromatic rings. The number of rotatable bonds is 6. The van der Waals surface area contributed by atoms with Gasteiger partial charge in [0.05, 0.1) is 6.61 Å². The van der Waals surface area contributed by atoms with E-state index in [-0.39, 0.29) is 18.7 Å². The van der Waals surface area contributed by atoms with Crippen LogP contribution in [0.4, 0.5) is 8.78 Å². The lowest BCUT2D eigenvalue weighted by molar-refractivity contribution is 0.149. The maximum Gasteiger partial charge on any atom is 0.127 e. The largest absolute Gasteiger partial charge is 0.394 e. The molecular formula is C13H19F2NO. The van der Waals surface area contributed by atoms with Gasteiger partial charge in [-0.25, -0.2) is 8.78 Å². The minimum Gasteiger partial charge on any atom is -0.394 e. The van der Waals surface area contributed by atoms with Crippen LogP contribution < -0.4 is 5.32 Å². The molecule has 0 saturated heterocycles. The van der Waals surface area contributed by atoms with Crippen LogP contribution in [0.2, 0.25) is 0 Å². The van der Waals surface area contributed by atoms with E-state index in [4.69, 9.17) is 0 Å². The summed E-state index contributed by atoms with van der Waals surface area (Å²) < 4.78 is 26.4. The van der Waals surface area contributed by atoms with Crippen LogP contribution in [0, 0.1) is 11.6 Å². The third kappa shape index (κ3) is 3.48. The average Bonchev–Trinajstić information content (AvgIpc) is 2.35. The monoisotopic (exact) mass is 243 g/mol. The van der Waals surface area contributed by atoms with Gasteiger partial charge in [-0.1, -0.05) is 13.8 Å². The number of aliphatic hydroxyl groups is 1. The molecule has 0 radical (unpaired) electrons. The van der Waals surface area contributed by atoms with Gasteiger partial charge >= 0.3 is 0 Å². The van der Waals surface area contributed by atoms with Crippen molar-refractivity contribution in [2.45, 2.75) is 38.8 Å². The Labute approximate surface area is 101 Å². The zero-order valence-electron chi connectivity index (χ0n) is 10.3. The first-order valence-electron chi connectivity index (χ1n) is 5.86. The Hall–Kier alpha value is -1.00. The first kappa shape index (κ1) is 14.1. The highest BCUT2D eigenvalue weighted by molar-refractivity contribution is 5.18. The first-order chi connectivity index (χ1) is 8.06. The molecule has 2 nitrogen and oxygen atoms in total. The van der Waals surface area contributed by atoms with Gasteiger partial charge in [0.25, 0.3) is 0 Å². The molecule has 0 aliphatic heterocycles. The zero-order valence-corrected chi connectivity index (χ0v) is 10.3. The first-order valence-corrected chi connectivity index (χ1v) is 5.86. The van der Waals surface area contributed by atoms with E-state index in [9.17, 15) is 13.9 Å². The Morgan fingerprint density at radius 3 is 2.41 bits per heavy atom. The van der Waals surface area contributed by atoms with E-state index in [0.29, 0.717) is 0 Å². The molecule has 0 aliphatic rings. The van der Waals surface area contributed by atoms with Crippen molar-refractivity contribution in [2.24, 2.45) is 0 Å². The lowest BCUT2D eigenvalue weighted by Gasteiger charge is -2.31. The Kier molecular flexibility index (Phi) is 5.02. The fourth-order valence-corrected chi connectivity index (χ4v) is 1.74. The summed E-state index contributed by atoms with van der Waals surface area (Å²) in [5, 5.41) is 12.5. The number of hydrogen-bond donors (Lipinski definition) is 2. The molecule has 0 fully saturated rings. The predicted molar refractivity (Wildman–Crippen MR) is 63.6 cm³/mol. The SMILES string of the molecule is CCC(CC)(CO)NCc1cc(F)ccc1F. The van der Waals surface area contributed by atoms with Crippen molar-refractivity contribution >= 4 is 0 Å². The molecule has 0 spiro atoms. The Morgan fingerprint density at radius 1 is 1.24 bits per heavy atom.